The van der Waals surface area contributed by atoms with E-state index in [0.29, 0.717) is 19.5 Å². The molecule has 8 heteroatoms. The van der Waals surface area contributed by atoms with Crippen molar-refractivity contribution < 1.29 is 18.8 Å². The fourth-order valence-corrected chi connectivity index (χ4v) is 3.94. The largest absolute Gasteiger partial charge is 0.760 e. The number of hydrogen-bond acceptors (Lipinski definition) is 4. The maximum absolute atomic E-state index is 11.6. The minimum absolute atomic E-state index is 0.274. The van der Waals surface area contributed by atoms with Gasteiger partial charge in [-0.2, -0.15) is 0 Å². The lowest BCUT2D eigenvalue weighted by atomic mass is 10.1. The average molecular weight is 429 g/mol. The van der Waals surface area contributed by atoms with Crippen molar-refractivity contribution in [2.24, 2.45) is 0 Å². The molecule has 0 saturated carbocycles. The van der Waals surface area contributed by atoms with Gasteiger partial charge in [0, 0.05) is 47.4 Å². The second kappa shape index (κ2) is 11.0. The average Bonchev–Trinajstić information content (AvgIpc) is 3.19. The van der Waals surface area contributed by atoms with E-state index < -0.39 is 17.2 Å². The molecule has 0 spiro atoms. The fraction of sp³-hybridized carbons (Fsp3) is 0.318. The topological polar surface area (TPSA) is 108 Å². The van der Waals surface area contributed by atoms with Crippen LogP contribution in [-0.2, 0) is 22.6 Å². The molecule has 1 atom stereocenters. The van der Waals surface area contributed by atoms with Gasteiger partial charge in [0.25, 0.3) is 0 Å². The van der Waals surface area contributed by atoms with Gasteiger partial charge in [0.1, 0.15) is 0 Å². The zero-order valence-corrected chi connectivity index (χ0v) is 17.5. The molecule has 0 fully saturated rings. The van der Waals surface area contributed by atoms with Crippen molar-refractivity contribution in [3.8, 4) is 11.3 Å². The van der Waals surface area contributed by atoms with Crippen LogP contribution in [0.25, 0.3) is 22.2 Å². The number of nitrogens with zero attached hydrogens (tertiary/aromatic N) is 1. The first kappa shape index (κ1) is 22.2. The Kier molecular flexibility index (Phi) is 8.15. The highest BCUT2D eigenvalue weighted by molar-refractivity contribution is 7.76. The van der Waals surface area contributed by atoms with Crippen LogP contribution >= 0.6 is 0 Å². The molecule has 30 heavy (non-hydrogen) atoms. The normalized spacial score (nSPS) is 12.4. The molecule has 3 aromatic rings. The predicted molar refractivity (Wildman–Crippen MR) is 116 cm³/mol. The number of amides is 1. The molecule has 1 heterocycles. The van der Waals surface area contributed by atoms with Crippen molar-refractivity contribution in [1.29, 1.82) is 0 Å². The van der Waals surface area contributed by atoms with Gasteiger partial charge < -0.3 is 9.54 Å². The molecule has 0 radical (unpaired) electrons. The highest BCUT2D eigenvalue weighted by atomic mass is 32.2. The van der Waals surface area contributed by atoms with Crippen LogP contribution in [0.3, 0.4) is 0 Å². The lowest BCUT2D eigenvalue weighted by molar-refractivity contribution is -0.129. The van der Waals surface area contributed by atoms with Gasteiger partial charge in [-0.1, -0.05) is 55.3 Å². The van der Waals surface area contributed by atoms with E-state index in [1.807, 2.05) is 42.5 Å². The molecule has 3 rings (SSSR count). The minimum Gasteiger partial charge on any atom is -0.760 e. The van der Waals surface area contributed by atoms with Gasteiger partial charge in [0.15, 0.2) is 0 Å². The van der Waals surface area contributed by atoms with Crippen molar-refractivity contribution in [2.45, 2.75) is 38.6 Å². The summed E-state index contributed by atoms with van der Waals surface area (Å²) in [4.78, 5) is 14.4. The first-order valence-corrected chi connectivity index (χ1v) is 11.0. The second-order valence-electron chi connectivity index (χ2n) is 7.25. The Hall–Kier alpha value is -2.52. The molecule has 0 aliphatic rings. The number of carbonyl (C=O) groups is 1. The molecule has 0 aliphatic heterocycles. The first-order valence-electron chi connectivity index (χ1n) is 10.0. The van der Waals surface area contributed by atoms with Crippen LogP contribution in [0.5, 0.6) is 0 Å². The minimum atomic E-state index is -2.29. The third kappa shape index (κ3) is 6.24. The van der Waals surface area contributed by atoms with Crippen LogP contribution in [0.15, 0.2) is 54.6 Å². The molecule has 1 amide bonds. The van der Waals surface area contributed by atoms with Gasteiger partial charge >= 0.3 is 0 Å². The van der Waals surface area contributed by atoms with Gasteiger partial charge in [-0.3, -0.25) is 14.2 Å². The second-order valence-corrected chi connectivity index (χ2v) is 8.20. The molecule has 7 nitrogen and oxygen atoms in total. The van der Waals surface area contributed by atoms with Crippen molar-refractivity contribution in [3.05, 3.63) is 60.2 Å². The molecule has 3 N–H and O–H groups in total. The molecular weight excluding hydrogens is 402 g/mol. The summed E-state index contributed by atoms with van der Waals surface area (Å²) in [5.41, 5.74) is 5.70. The summed E-state index contributed by atoms with van der Waals surface area (Å²) in [6.45, 7) is 0.766. The number of carbonyl (C=O) groups excluding carboxylic acids is 1. The van der Waals surface area contributed by atoms with E-state index in [9.17, 15) is 13.6 Å². The van der Waals surface area contributed by atoms with E-state index in [2.05, 4.69) is 17.1 Å². The number of nitrogens with one attached hydrogen (secondary N) is 2. The smallest absolute Gasteiger partial charge is 0.243 e. The summed E-state index contributed by atoms with van der Waals surface area (Å²) in [5.74, 6) is -0.395. The van der Waals surface area contributed by atoms with Crippen LogP contribution in [0.4, 0.5) is 0 Å². The molecule has 0 saturated heterocycles. The summed E-state index contributed by atoms with van der Waals surface area (Å²) >= 11 is -2.29. The number of unbranched alkanes of at least 4 members (excludes halogenated alkanes) is 3. The van der Waals surface area contributed by atoms with E-state index in [1.54, 1.807) is 5.48 Å². The predicted octanol–water partition coefficient (Wildman–Crippen LogP) is 3.89. The van der Waals surface area contributed by atoms with Gasteiger partial charge in [-0.05, 0) is 36.1 Å². The fourth-order valence-electron chi connectivity index (χ4n) is 3.41. The third-order valence-corrected chi connectivity index (χ3v) is 5.78. The Balaban J connectivity index is 1.51. The molecule has 2 aromatic carbocycles. The standard InChI is InChI=1S/C22H27N3O4S/c26-22(24-27)9-3-1-2-6-14-25(30(28)29)16-17-10-12-18(13-11-17)21-15-19-7-4-5-8-20(19)23-21/h4-5,7-8,10-13,15,23,27H,1-3,6,9,14,16H2,(H,24,26)(H,28,29)/p-1. The summed E-state index contributed by atoms with van der Waals surface area (Å²) in [5, 5.41) is 9.60. The Morgan fingerprint density at radius 3 is 2.50 bits per heavy atom. The van der Waals surface area contributed by atoms with Crippen molar-refractivity contribution in [3.63, 3.8) is 0 Å². The van der Waals surface area contributed by atoms with E-state index >= 15 is 0 Å². The van der Waals surface area contributed by atoms with E-state index in [4.69, 9.17) is 5.21 Å². The summed E-state index contributed by atoms with van der Waals surface area (Å²) < 4.78 is 24.6. The van der Waals surface area contributed by atoms with E-state index in [0.717, 1.165) is 47.0 Å². The van der Waals surface area contributed by atoms with Gasteiger partial charge in [-0.25, -0.2) is 9.79 Å². The lowest BCUT2D eigenvalue weighted by Gasteiger charge is -2.24. The molecule has 160 valence electrons. The number of rotatable bonds is 11. The zero-order chi connectivity index (χ0) is 21.3. The van der Waals surface area contributed by atoms with E-state index in [1.165, 1.54) is 4.31 Å². The highest BCUT2D eigenvalue weighted by Crippen LogP contribution is 2.24. The van der Waals surface area contributed by atoms with Crippen LogP contribution in [0, 0.1) is 0 Å². The molecule has 1 unspecified atom stereocenters. The Labute approximate surface area is 178 Å². The number of para-hydroxylation sites is 1. The molecule has 0 bridgehead atoms. The highest BCUT2D eigenvalue weighted by Gasteiger charge is 2.08. The van der Waals surface area contributed by atoms with Crippen LogP contribution in [-0.4, -0.2) is 35.7 Å². The summed E-state index contributed by atoms with van der Waals surface area (Å²) in [6, 6.07) is 18.1. The number of aromatic nitrogens is 1. The first-order chi connectivity index (χ1) is 14.6. The SMILES string of the molecule is O=C(CCCCCCN(Cc1ccc(-c2cc3ccccc3[nH]2)cc1)S(=O)[O-])NO. The number of H-pyrrole nitrogens is 1. The Morgan fingerprint density at radius 1 is 1.07 bits per heavy atom. The molecule has 0 aliphatic carbocycles. The van der Waals surface area contributed by atoms with Crippen LogP contribution < -0.4 is 5.48 Å². The number of benzene rings is 2. The number of fused-ring (bicyclic) bond motifs is 1. The molecular formula is C22H26N3O4S-. The van der Waals surface area contributed by atoms with E-state index in [-0.39, 0.29) is 6.42 Å². The maximum atomic E-state index is 11.6. The molecule has 1 aromatic heterocycles. The number of aromatic amines is 1. The Morgan fingerprint density at radius 2 is 1.80 bits per heavy atom. The monoisotopic (exact) mass is 428 g/mol. The van der Waals surface area contributed by atoms with Gasteiger partial charge in [0.2, 0.25) is 5.91 Å². The van der Waals surface area contributed by atoms with Gasteiger partial charge in [0.05, 0.1) is 0 Å². The van der Waals surface area contributed by atoms with Crippen molar-refractivity contribution in [2.75, 3.05) is 6.54 Å². The Bertz CT molecular complexity index is 954. The quantitative estimate of drug-likeness (QED) is 0.186. The number of hydrogen-bond donors (Lipinski definition) is 3. The lowest BCUT2D eigenvalue weighted by Crippen LogP contribution is -2.26. The van der Waals surface area contributed by atoms with Crippen LogP contribution in [0.2, 0.25) is 0 Å². The zero-order valence-electron chi connectivity index (χ0n) is 16.7. The van der Waals surface area contributed by atoms with Gasteiger partial charge in [-0.15, -0.1) is 0 Å². The maximum Gasteiger partial charge on any atom is 0.243 e. The number of hydroxylamine groups is 1. The van der Waals surface area contributed by atoms with Crippen molar-refractivity contribution >= 4 is 28.1 Å². The van der Waals surface area contributed by atoms with Crippen LogP contribution in [0.1, 0.15) is 37.7 Å². The van der Waals surface area contributed by atoms with Crippen molar-refractivity contribution in [1.82, 2.24) is 14.8 Å². The third-order valence-electron chi connectivity index (χ3n) is 5.05. The summed E-state index contributed by atoms with van der Waals surface area (Å²) in [7, 11) is 0. The summed E-state index contributed by atoms with van der Waals surface area (Å²) in [6.07, 6.45) is 3.30.